The molecule has 0 aromatic carbocycles. The van der Waals surface area contributed by atoms with Crippen molar-refractivity contribution in [2.75, 3.05) is 5.32 Å². The van der Waals surface area contributed by atoms with Gasteiger partial charge in [-0.15, -0.1) is 0 Å². The number of anilines is 1. The Bertz CT molecular complexity index is 425. The van der Waals surface area contributed by atoms with Crippen LogP contribution in [0.4, 0.5) is 5.82 Å². The summed E-state index contributed by atoms with van der Waals surface area (Å²) >= 11 is 0. The molecule has 3 rings (SSSR count). The van der Waals surface area contributed by atoms with Crippen molar-refractivity contribution in [2.45, 2.75) is 64.8 Å². The Labute approximate surface area is 103 Å². The fourth-order valence-electron chi connectivity index (χ4n) is 3.59. The largest absolute Gasteiger partial charge is 0.366 e. The minimum atomic E-state index is 0.224. The monoisotopic (exact) mass is 233 g/mol. The average molecular weight is 233 g/mol. The second-order valence-electron chi connectivity index (χ2n) is 7.25. The first-order chi connectivity index (χ1) is 7.87. The zero-order chi connectivity index (χ0) is 12.3. The number of nitrogens with one attached hydrogen (secondary N) is 2. The van der Waals surface area contributed by atoms with E-state index in [-0.39, 0.29) is 5.41 Å². The van der Waals surface area contributed by atoms with E-state index in [0.29, 0.717) is 11.5 Å². The summed E-state index contributed by atoms with van der Waals surface area (Å²) in [4.78, 5) is 0. The Morgan fingerprint density at radius 3 is 2.59 bits per heavy atom. The summed E-state index contributed by atoms with van der Waals surface area (Å²) in [6.45, 7) is 9.40. The highest BCUT2D eigenvalue weighted by Gasteiger charge is 2.41. The van der Waals surface area contributed by atoms with Gasteiger partial charge < -0.3 is 5.32 Å². The van der Waals surface area contributed by atoms with Crippen molar-refractivity contribution in [1.82, 2.24) is 10.2 Å². The summed E-state index contributed by atoms with van der Waals surface area (Å²) in [7, 11) is 0. The molecule has 0 spiro atoms. The Kier molecular flexibility index (Phi) is 2.14. The molecular weight excluding hydrogens is 210 g/mol. The van der Waals surface area contributed by atoms with Gasteiger partial charge in [-0.05, 0) is 36.5 Å². The van der Waals surface area contributed by atoms with Crippen molar-refractivity contribution in [3.8, 4) is 0 Å². The fourth-order valence-corrected chi connectivity index (χ4v) is 3.59. The highest BCUT2D eigenvalue weighted by Crippen LogP contribution is 2.47. The molecule has 2 aliphatic rings. The molecule has 3 nitrogen and oxygen atoms in total. The molecule has 0 saturated heterocycles. The first-order valence-corrected chi connectivity index (χ1v) is 6.72. The van der Waals surface area contributed by atoms with Crippen LogP contribution in [0.5, 0.6) is 0 Å². The predicted molar refractivity (Wildman–Crippen MR) is 70.4 cm³/mol. The minimum Gasteiger partial charge on any atom is -0.366 e. The highest BCUT2D eigenvalue weighted by atomic mass is 15.2. The number of hydrogen-bond acceptors (Lipinski definition) is 2. The first kappa shape index (κ1) is 11.1. The fraction of sp³-hybridized carbons (Fsp3) is 0.786. The van der Waals surface area contributed by atoms with E-state index in [1.54, 1.807) is 0 Å². The van der Waals surface area contributed by atoms with Gasteiger partial charge in [-0.25, -0.2) is 0 Å². The molecule has 3 heteroatoms. The van der Waals surface area contributed by atoms with Crippen LogP contribution in [-0.2, 0) is 11.8 Å². The maximum absolute atomic E-state index is 4.50. The molecule has 1 saturated carbocycles. The molecule has 1 aromatic rings. The molecule has 0 amide bonds. The van der Waals surface area contributed by atoms with Crippen LogP contribution in [0.15, 0.2) is 0 Å². The lowest BCUT2D eigenvalue weighted by atomic mass is 9.64. The standard InChI is InChI=1S/C14H23N3/c1-13(2)7-10-11(14(3,4)8-13)12(17-16-10)15-9-5-6-9/h9H,5-8H2,1-4H3,(H2,15,16,17). The topological polar surface area (TPSA) is 40.7 Å². The SMILES string of the molecule is CC1(C)Cc2[nH]nc(NC3CC3)c2C(C)(C)C1. The molecule has 0 unspecified atom stereocenters. The van der Waals surface area contributed by atoms with E-state index in [1.165, 1.54) is 30.5 Å². The second-order valence-corrected chi connectivity index (χ2v) is 7.25. The molecule has 0 bridgehead atoms. The second kappa shape index (κ2) is 3.27. The van der Waals surface area contributed by atoms with Crippen LogP contribution in [-0.4, -0.2) is 16.2 Å². The molecule has 0 aliphatic heterocycles. The van der Waals surface area contributed by atoms with Crippen molar-refractivity contribution < 1.29 is 0 Å². The normalized spacial score (nSPS) is 25.4. The van der Waals surface area contributed by atoms with Crippen molar-refractivity contribution in [1.29, 1.82) is 0 Å². The van der Waals surface area contributed by atoms with Gasteiger partial charge in [0.1, 0.15) is 0 Å². The van der Waals surface area contributed by atoms with Crippen LogP contribution < -0.4 is 5.32 Å². The third-order valence-corrected chi connectivity index (χ3v) is 4.01. The van der Waals surface area contributed by atoms with E-state index in [1.807, 2.05) is 0 Å². The van der Waals surface area contributed by atoms with Gasteiger partial charge in [-0.3, -0.25) is 5.10 Å². The molecule has 1 fully saturated rings. The maximum atomic E-state index is 4.50. The van der Waals surface area contributed by atoms with E-state index < -0.39 is 0 Å². The summed E-state index contributed by atoms with van der Waals surface area (Å²) in [5.41, 5.74) is 3.37. The predicted octanol–water partition coefficient (Wildman–Crippen LogP) is 3.23. The Balaban J connectivity index is 1.99. The summed E-state index contributed by atoms with van der Waals surface area (Å²) in [5, 5.41) is 11.3. The quantitative estimate of drug-likeness (QED) is 0.823. The summed E-state index contributed by atoms with van der Waals surface area (Å²) < 4.78 is 0. The third kappa shape index (κ3) is 1.96. The number of hydrogen-bond donors (Lipinski definition) is 2. The van der Waals surface area contributed by atoms with Crippen molar-refractivity contribution in [3.05, 3.63) is 11.3 Å². The molecule has 1 aromatic heterocycles. The van der Waals surface area contributed by atoms with E-state index in [9.17, 15) is 0 Å². The number of aromatic nitrogens is 2. The minimum absolute atomic E-state index is 0.224. The average Bonchev–Trinajstić information content (AvgIpc) is 2.84. The highest BCUT2D eigenvalue weighted by molar-refractivity contribution is 5.53. The van der Waals surface area contributed by atoms with E-state index in [2.05, 4.69) is 43.2 Å². The lowest BCUT2D eigenvalue weighted by molar-refractivity contribution is 0.230. The molecule has 94 valence electrons. The van der Waals surface area contributed by atoms with E-state index in [4.69, 9.17) is 0 Å². The van der Waals surface area contributed by atoms with Gasteiger partial charge in [0.15, 0.2) is 5.82 Å². The summed E-state index contributed by atoms with van der Waals surface area (Å²) in [6, 6.07) is 0.674. The zero-order valence-electron chi connectivity index (χ0n) is 11.4. The molecule has 0 atom stereocenters. The van der Waals surface area contributed by atoms with Crippen molar-refractivity contribution in [3.63, 3.8) is 0 Å². The maximum Gasteiger partial charge on any atom is 0.152 e. The van der Waals surface area contributed by atoms with Crippen LogP contribution in [0.25, 0.3) is 0 Å². The van der Waals surface area contributed by atoms with Gasteiger partial charge in [-0.2, -0.15) is 5.10 Å². The first-order valence-electron chi connectivity index (χ1n) is 6.72. The van der Waals surface area contributed by atoms with Crippen LogP contribution in [0.1, 0.15) is 58.2 Å². The smallest absolute Gasteiger partial charge is 0.152 e. The lowest BCUT2D eigenvalue weighted by Crippen LogP contribution is -2.34. The number of fused-ring (bicyclic) bond motifs is 1. The molecule has 0 radical (unpaired) electrons. The summed E-state index contributed by atoms with van der Waals surface area (Å²) in [6.07, 6.45) is 4.94. The van der Waals surface area contributed by atoms with Crippen LogP contribution in [0, 0.1) is 5.41 Å². The van der Waals surface area contributed by atoms with Crippen LogP contribution in [0.3, 0.4) is 0 Å². The van der Waals surface area contributed by atoms with E-state index in [0.717, 1.165) is 12.2 Å². The Hall–Kier alpha value is -0.990. The zero-order valence-corrected chi connectivity index (χ0v) is 11.4. The Morgan fingerprint density at radius 1 is 1.24 bits per heavy atom. The van der Waals surface area contributed by atoms with Gasteiger partial charge in [0.2, 0.25) is 0 Å². The van der Waals surface area contributed by atoms with E-state index >= 15 is 0 Å². The molecule has 1 heterocycles. The van der Waals surface area contributed by atoms with Crippen LogP contribution >= 0.6 is 0 Å². The number of H-pyrrole nitrogens is 1. The molecule has 17 heavy (non-hydrogen) atoms. The number of rotatable bonds is 2. The Morgan fingerprint density at radius 2 is 1.94 bits per heavy atom. The third-order valence-electron chi connectivity index (χ3n) is 4.01. The van der Waals surface area contributed by atoms with Gasteiger partial charge in [0, 0.05) is 17.3 Å². The lowest BCUT2D eigenvalue weighted by Gasteiger charge is -2.40. The van der Waals surface area contributed by atoms with Gasteiger partial charge in [0.05, 0.1) is 0 Å². The van der Waals surface area contributed by atoms with Gasteiger partial charge in [-0.1, -0.05) is 27.7 Å². The molecular formula is C14H23N3. The molecule has 2 N–H and O–H groups in total. The van der Waals surface area contributed by atoms with Crippen LogP contribution in [0.2, 0.25) is 0 Å². The van der Waals surface area contributed by atoms with Crippen molar-refractivity contribution in [2.24, 2.45) is 5.41 Å². The van der Waals surface area contributed by atoms with Gasteiger partial charge in [0.25, 0.3) is 0 Å². The number of aromatic amines is 1. The summed E-state index contributed by atoms with van der Waals surface area (Å²) in [5.74, 6) is 1.11. The number of nitrogens with zero attached hydrogens (tertiary/aromatic N) is 1. The van der Waals surface area contributed by atoms with Gasteiger partial charge >= 0.3 is 0 Å². The molecule has 2 aliphatic carbocycles. The van der Waals surface area contributed by atoms with Crippen molar-refractivity contribution >= 4 is 5.82 Å².